The van der Waals surface area contributed by atoms with Crippen molar-refractivity contribution in [1.82, 2.24) is 18.9 Å². The van der Waals surface area contributed by atoms with E-state index in [4.69, 9.17) is 0 Å². The number of hydrogen-bond donors (Lipinski definition) is 1. The van der Waals surface area contributed by atoms with Crippen molar-refractivity contribution in [3.05, 3.63) is 98.3 Å². The lowest BCUT2D eigenvalue weighted by molar-refractivity contribution is -0.133. The molecule has 2 aliphatic rings. The van der Waals surface area contributed by atoms with Crippen LogP contribution in [0.2, 0.25) is 0 Å². The third-order valence-electron chi connectivity index (χ3n) is 7.37. The fraction of sp³-hybridized carbons (Fsp3) is 0.357. The van der Waals surface area contributed by atoms with Crippen molar-refractivity contribution in [2.24, 2.45) is 7.05 Å². The van der Waals surface area contributed by atoms with Crippen molar-refractivity contribution < 1.29 is 9.59 Å². The lowest BCUT2D eigenvalue weighted by Crippen LogP contribution is -2.51. The minimum absolute atomic E-state index is 0.0520. The molecule has 1 saturated heterocycles. The zero-order valence-electron chi connectivity index (χ0n) is 20.9. The third kappa shape index (κ3) is 5.21. The molecule has 3 heterocycles. The molecule has 5 rings (SSSR count). The van der Waals surface area contributed by atoms with Crippen LogP contribution in [0.3, 0.4) is 0 Å². The Hall–Kier alpha value is -4.14. The summed E-state index contributed by atoms with van der Waals surface area (Å²) in [5, 5.41) is 3.02. The number of carbonyl (C=O) groups excluding carboxylic acids is 2. The lowest BCUT2D eigenvalue weighted by Gasteiger charge is -2.38. The molecule has 3 amide bonds. The van der Waals surface area contributed by atoms with Crippen LogP contribution in [0.4, 0.5) is 10.5 Å². The van der Waals surface area contributed by atoms with Crippen LogP contribution in [0.25, 0.3) is 0 Å². The first-order valence-corrected chi connectivity index (χ1v) is 12.7. The number of nitrogens with one attached hydrogen (secondary N) is 1. The van der Waals surface area contributed by atoms with E-state index in [1.165, 1.54) is 17.8 Å². The molecule has 0 saturated carbocycles. The van der Waals surface area contributed by atoms with Crippen molar-refractivity contribution in [3.8, 4) is 0 Å². The van der Waals surface area contributed by atoms with Gasteiger partial charge in [-0.15, -0.1) is 0 Å². The van der Waals surface area contributed by atoms with Gasteiger partial charge in [-0.25, -0.2) is 9.59 Å². The first kappa shape index (κ1) is 24.5. The van der Waals surface area contributed by atoms with Gasteiger partial charge in [0.1, 0.15) is 6.54 Å². The van der Waals surface area contributed by atoms with Gasteiger partial charge in [-0.1, -0.05) is 48.5 Å². The topological polar surface area (TPSA) is 96.7 Å². The number of para-hydroxylation sites is 1. The minimum atomic E-state index is -0.508. The van der Waals surface area contributed by atoms with Crippen molar-refractivity contribution in [2.45, 2.75) is 38.3 Å². The molecule has 1 fully saturated rings. The Labute approximate surface area is 214 Å². The summed E-state index contributed by atoms with van der Waals surface area (Å²) in [7, 11) is 1.44. The largest absolute Gasteiger partial charge is 0.341 e. The van der Waals surface area contributed by atoms with Gasteiger partial charge in [-0.3, -0.25) is 18.7 Å². The van der Waals surface area contributed by atoms with E-state index in [1.807, 2.05) is 59.5 Å². The summed E-state index contributed by atoms with van der Waals surface area (Å²) in [6.07, 6.45) is 4.04. The van der Waals surface area contributed by atoms with Crippen LogP contribution in [-0.4, -0.2) is 56.5 Å². The highest BCUT2D eigenvalue weighted by atomic mass is 16.2. The number of piperidine rings is 1. The van der Waals surface area contributed by atoms with Gasteiger partial charge in [-0.2, -0.15) is 0 Å². The van der Waals surface area contributed by atoms with E-state index in [0.717, 1.165) is 27.8 Å². The van der Waals surface area contributed by atoms with Gasteiger partial charge < -0.3 is 15.1 Å². The molecule has 9 heteroatoms. The Morgan fingerprint density at radius 1 is 0.946 bits per heavy atom. The fourth-order valence-corrected chi connectivity index (χ4v) is 5.25. The maximum atomic E-state index is 13.1. The molecule has 192 valence electrons. The second-order valence-electron chi connectivity index (χ2n) is 9.73. The van der Waals surface area contributed by atoms with E-state index in [-0.39, 0.29) is 30.1 Å². The molecule has 1 aromatic heterocycles. The quantitative estimate of drug-likeness (QED) is 0.580. The van der Waals surface area contributed by atoms with Gasteiger partial charge in [-0.05, 0) is 36.5 Å². The Morgan fingerprint density at radius 2 is 1.65 bits per heavy atom. The highest BCUT2D eigenvalue weighted by Crippen LogP contribution is 2.24. The van der Waals surface area contributed by atoms with Gasteiger partial charge in [0.2, 0.25) is 5.91 Å². The number of fused-ring (bicyclic) bond motifs is 1. The highest BCUT2D eigenvalue weighted by molar-refractivity contribution is 5.91. The number of urea groups is 1. The number of likely N-dealkylation sites (tertiary alicyclic amines) is 1. The Bertz CT molecular complexity index is 1420. The number of hydrogen-bond acceptors (Lipinski definition) is 4. The zero-order valence-corrected chi connectivity index (χ0v) is 20.9. The van der Waals surface area contributed by atoms with E-state index in [1.54, 1.807) is 4.90 Å². The molecule has 0 radical (unpaired) electrons. The number of nitrogens with zero attached hydrogens (tertiary/aromatic N) is 4. The maximum Gasteiger partial charge on any atom is 0.331 e. The second-order valence-corrected chi connectivity index (χ2v) is 9.73. The molecule has 2 aromatic carbocycles. The van der Waals surface area contributed by atoms with Crippen LogP contribution in [0.5, 0.6) is 0 Å². The molecule has 9 nitrogen and oxygen atoms in total. The molecule has 0 spiro atoms. The van der Waals surface area contributed by atoms with E-state index in [0.29, 0.717) is 44.5 Å². The number of carbonyl (C=O) groups is 2. The lowest BCUT2D eigenvalue weighted by atomic mass is 10.0. The monoisotopic (exact) mass is 501 g/mol. The highest BCUT2D eigenvalue weighted by Gasteiger charge is 2.31. The van der Waals surface area contributed by atoms with Crippen molar-refractivity contribution in [3.63, 3.8) is 0 Å². The predicted molar refractivity (Wildman–Crippen MR) is 141 cm³/mol. The molecule has 0 unspecified atom stereocenters. The van der Waals surface area contributed by atoms with Gasteiger partial charge >= 0.3 is 11.7 Å². The SMILES string of the molecule is Cn1c(=O)c(Cc2ccccc2)cn(CC(=O)N2CCC(N3CCc4ccccc4NC3=O)CC2)c1=O. The predicted octanol–water partition coefficient (Wildman–Crippen LogP) is 2.22. The Kier molecular flexibility index (Phi) is 6.94. The molecule has 37 heavy (non-hydrogen) atoms. The van der Waals surface area contributed by atoms with E-state index in [2.05, 4.69) is 5.32 Å². The smallest absolute Gasteiger partial charge is 0.331 e. The van der Waals surface area contributed by atoms with Crippen LogP contribution in [0.15, 0.2) is 70.4 Å². The molecule has 1 N–H and O–H groups in total. The summed E-state index contributed by atoms with van der Waals surface area (Å²) in [4.78, 5) is 55.0. The molecule has 2 aliphatic heterocycles. The maximum absolute atomic E-state index is 13.1. The molecule has 0 aliphatic carbocycles. The van der Waals surface area contributed by atoms with E-state index < -0.39 is 5.69 Å². The summed E-state index contributed by atoms with van der Waals surface area (Å²) in [6, 6.07) is 17.4. The molecule has 0 atom stereocenters. The normalized spacial score (nSPS) is 16.2. The average molecular weight is 502 g/mol. The van der Waals surface area contributed by atoms with Crippen molar-refractivity contribution in [2.75, 3.05) is 25.0 Å². The van der Waals surface area contributed by atoms with E-state index >= 15 is 0 Å². The van der Waals surface area contributed by atoms with Gasteiger partial charge in [0.25, 0.3) is 5.56 Å². The number of anilines is 1. The summed E-state index contributed by atoms with van der Waals surface area (Å²) in [5.74, 6) is -0.169. The van der Waals surface area contributed by atoms with Crippen LogP contribution in [0.1, 0.15) is 29.5 Å². The van der Waals surface area contributed by atoms with Crippen molar-refractivity contribution >= 4 is 17.6 Å². The molecule has 0 bridgehead atoms. The van der Waals surface area contributed by atoms with Gasteiger partial charge in [0, 0.05) is 56.6 Å². The Morgan fingerprint density at radius 3 is 2.41 bits per heavy atom. The first-order valence-electron chi connectivity index (χ1n) is 12.7. The molecule has 3 aromatic rings. The van der Waals surface area contributed by atoms with E-state index in [9.17, 15) is 19.2 Å². The summed E-state index contributed by atoms with van der Waals surface area (Å²) >= 11 is 0. The van der Waals surface area contributed by atoms with Gasteiger partial charge in [0.15, 0.2) is 0 Å². The van der Waals surface area contributed by atoms with Crippen LogP contribution < -0.4 is 16.6 Å². The van der Waals surface area contributed by atoms with Crippen molar-refractivity contribution in [1.29, 1.82) is 0 Å². The summed E-state index contributed by atoms with van der Waals surface area (Å²) < 4.78 is 2.39. The summed E-state index contributed by atoms with van der Waals surface area (Å²) in [5.41, 5.74) is 2.55. The minimum Gasteiger partial charge on any atom is -0.341 e. The molecular weight excluding hydrogens is 470 g/mol. The number of amides is 3. The number of rotatable bonds is 5. The second kappa shape index (κ2) is 10.5. The van der Waals surface area contributed by atoms with Crippen LogP contribution >= 0.6 is 0 Å². The molecular formula is C28H31N5O4. The van der Waals surface area contributed by atoms with Gasteiger partial charge in [0.05, 0.1) is 0 Å². The van der Waals surface area contributed by atoms with Crippen LogP contribution in [0, 0.1) is 0 Å². The standard InChI is InChI=1S/C28H31N5O4/c1-30-26(35)22(17-20-7-3-2-4-8-20)18-32(28(30)37)19-25(34)31-14-12-23(13-15-31)33-16-11-21-9-5-6-10-24(21)29-27(33)36/h2-10,18,23H,11-17,19H2,1H3,(H,29,36). The Balaban J connectivity index is 1.23. The third-order valence-corrected chi connectivity index (χ3v) is 7.37. The number of aromatic nitrogens is 2. The average Bonchev–Trinajstić information content (AvgIpc) is 3.09. The number of benzene rings is 2. The first-order chi connectivity index (χ1) is 17.9. The zero-order chi connectivity index (χ0) is 25.9. The fourth-order valence-electron chi connectivity index (χ4n) is 5.25. The summed E-state index contributed by atoms with van der Waals surface area (Å²) in [6.45, 7) is 1.53. The van der Waals surface area contributed by atoms with Crippen LogP contribution in [-0.2, 0) is 31.2 Å².